The Morgan fingerprint density at radius 3 is 2.77 bits per heavy atom. The van der Waals surface area contributed by atoms with Gasteiger partial charge in [-0.05, 0) is 45.4 Å². The lowest BCUT2D eigenvalue weighted by molar-refractivity contribution is 0.0526. The fourth-order valence-corrected chi connectivity index (χ4v) is 4.18. The number of fused-ring (bicyclic) bond motifs is 1. The lowest BCUT2D eigenvalue weighted by Gasteiger charge is -2.09. The van der Waals surface area contributed by atoms with Crippen molar-refractivity contribution < 1.29 is 13.9 Å². The molecule has 0 aliphatic rings. The molecule has 0 spiro atoms. The Hall–Kier alpha value is -3.40. The minimum Gasteiger partial charge on any atom is -0.462 e. The van der Waals surface area contributed by atoms with E-state index in [1.807, 2.05) is 36.6 Å². The highest BCUT2D eigenvalue weighted by Gasteiger charge is 2.24. The molecule has 0 amide bonds. The Kier molecular flexibility index (Phi) is 5.64. The van der Waals surface area contributed by atoms with Gasteiger partial charge in [0.2, 0.25) is 5.71 Å². The molecule has 1 aromatic carbocycles. The van der Waals surface area contributed by atoms with Crippen LogP contribution in [0.5, 0.6) is 0 Å². The minimum absolute atomic E-state index is 0.178. The molecule has 3 aromatic heterocycles. The molecule has 0 saturated heterocycles. The summed E-state index contributed by atoms with van der Waals surface area (Å²) in [6, 6.07) is 8.12. The summed E-state index contributed by atoms with van der Waals surface area (Å²) < 4.78 is 12.8. The van der Waals surface area contributed by atoms with Crippen LogP contribution in [0.25, 0.3) is 16.8 Å². The Bertz CT molecular complexity index is 1280. The monoisotopic (exact) mass is 438 g/mol. The van der Waals surface area contributed by atoms with E-state index in [-0.39, 0.29) is 23.7 Å². The quantitative estimate of drug-likeness (QED) is 0.354. The second kappa shape index (κ2) is 8.38. The van der Waals surface area contributed by atoms with Gasteiger partial charge < -0.3 is 14.9 Å². The maximum Gasteiger partial charge on any atom is 0.342 e. The van der Waals surface area contributed by atoms with Crippen molar-refractivity contribution in [2.75, 3.05) is 12.3 Å². The molecule has 9 nitrogen and oxygen atoms in total. The van der Waals surface area contributed by atoms with Crippen molar-refractivity contribution in [1.82, 2.24) is 24.7 Å². The molecule has 0 atom stereocenters. The summed E-state index contributed by atoms with van der Waals surface area (Å²) >= 11 is 1.44. The van der Waals surface area contributed by atoms with Crippen molar-refractivity contribution >= 4 is 34.6 Å². The van der Waals surface area contributed by atoms with Crippen LogP contribution in [0.3, 0.4) is 0 Å². The number of thioether (sulfide) groups is 1. The smallest absolute Gasteiger partial charge is 0.342 e. The van der Waals surface area contributed by atoms with Crippen molar-refractivity contribution in [3.63, 3.8) is 0 Å². The van der Waals surface area contributed by atoms with Gasteiger partial charge in [-0.25, -0.2) is 9.78 Å². The van der Waals surface area contributed by atoms with Gasteiger partial charge in [0, 0.05) is 5.69 Å². The highest BCUT2D eigenvalue weighted by molar-refractivity contribution is 7.98. The van der Waals surface area contributed by atoms with Crippen molar-refractivity contribution in [2.24, 2.45) is 0 Å². The van der Waals surface area contributed by atoms with Gasteiger partial charge in [0.05, 0.1) is 17.7 Å². The van der Waals surface area contributed by atoms with E-state index >= 15 is 0 Å². The Labute approximate surface area is 183 Å². The molecule has 0 saturated carbocycles. The maximum absolute atomic E-state index is 12.3. The van der Waals surface area contributed by atoms with Crippen LogP contribution in [0.1, 0.15) is 40.3 Å². The van der Waals surface area contributed by atoms with Crippen molar-refractivity contribution in [1.29, 1.82) is 0 Å². The predicted molar refractivity (Wildman–Crippen MR) is 117 cm³/mol. The van der Waals surface area contributed by atoms with E-state index in [1.165, 1.54) is 11.8 Å². The number of nitrogen functional groups attached to an aromatic ring is 1. The van der Waals surface area contributed by atoms with Gasteiger partial charge in [-0.3, -0.25) is 4.57 Å². The number of ether oxygens (including phenoxy) is 1. The number of benzene rings is 1. The number of aromatic nitrogens is 5. The number of hydrogen-bond acceptors (Lipinski definition) is 9. The van der Waals surface area contributed by atoms with E-state index < -0.39 is 5.97 Å². The number of carbonyl (C=O) groups is 1. The summed E-state index contributed by atoms with van der Waals surface area (Å²) in [7, 11) is 0. The summed E-state index contributed by atoms with van der Waals surface area (Å²) in [6.45, 7) is 7.61. The highest BCUT2D eigenvalue weighted by Crippen LogP contribution is 2.31. The van der Waals surface area contributed by atoms with Gasteiger partial charge in [-0.15, -0.1) is 10.2 Å². The first kappa shape index (κ1) is 20.9. The Morgan fingerprint density at radius 1 is 1.23 bits per heavy atom. The molecule has 31 heavy (non-hydrogen) atoms. The molecule has 4 rings (SSSR count). The van der Waals surface area contributed by atoms with E-state index in [0.717, 1.165) is 17.1 Å². The van der Waals surface area contributed by atoms with Gasteiger partial charge in [-0.1, -0.05) is 23.9 Å². The highest BCUT2D eigenvalue weighted by atomic mass is 32.2. The van der Waals surface area contributed by atoms with E-state index in [9.17, 15) is 4.79 Å². The number of furan rings is 1. The van der Waals surface area contributed by atoms with Crippen molar-refractivity contribution in [2.45, 2.75) is 38.6 Å². The molecule has 0 radical (unpaired) electrons. The third-order valence-corrected chi connectivity index (χ3v) is 5.59. The fraction of sp³-hybridized carbons (Fsp3) is 0.286. The third kappa shape index (κ3) is 3.98. The standard InChI is InChI=1S/C21H22N6O3S/c1-5-29-20(28)16-12(3)30-19-17(16)18(22)23-15(24-19)10-31-21-26-25-13(4)27(21)14-8-6-7-11(2)9-14/h6-9H,5,10H2,1-4H3,(H2,22,23,24). The zero-order valence-corrected chi connectivity index (χ0v) is 18.5. The van der Waals surface area contributed by atoms with Crippen molar-refractivity contribution in [3.8, 4) is 5.69 Å². The van der Waals surface area contributed by atoms with Crippen LogP contribution in [0.15, 0.2) is 33.8 Å². The maximum atomic E-state index is 12.3. The van der Waals surface area contributed by atoms with E-state index in [4.69, 9.17) is 14.9 Å². The number of nitrogens with two attached hydrogens (primary N) is 1. The zero-order chi connectivity index (χ0) is 22.1. The first-order valence-electron chi connectivity index (χ1n) is 9.73. The molecule has 0 fully saturated rings. The molecular formula is C21H22N6O3S. The van der Waals surface area contributed by atoms with Gasteiger partial charge in [0.15, 0.2) is 5.16 Å². The lowest BCUT2D eigenvalue weighted by atomic mass is 10.2. The fourth-order valence-electron chi connectivity index (χ4n) is 3.33. The molecule has 160 valence electrons. The molecule has 10 heteroatoms. The summed E-state index contributed by atoms with van der Waals surface area (Å²) in [5.41, 5.74) is 8.82. The number of aryl methyl sites for hydroxylation is 3. The minimum atomic E-state index is -0.502. The largest absolute Gasteiger partial charge is 0.462 e. The first-order valence-corrected chi connectivity index (χ1v) is 10.7. The van der Waals surface area contributed by atoms with Gasteiger partial charge >= 0.3 is 5.97 Å². The van der Waals surface area contributed by atoms with Gasteiger partial charge in [0.1, 0.15) is 28.8 Å². The summed E-state index contributed by atoms with van der Waals surface area (Å²) in [6.07, 6.45) is 0. The van der Waals surface area contributed by atoms with Gasteiger partial charge in [0.25, 0.3) is 0 Å². The Balaban J connectivity index is 1.63. The SMILES string of the molecule is CCOC(=O)c1c(C)oc2nc(CSc3nnc(C)n3-c3cccc(C)c3)nc(N)c12. The van der Waals surface area contributed by atoms with Gasteiger partial charge in [-0.2, -0.15) is 4.98 Å². The number of nitrogens with zero attached hydrogens (tertiary/aromatic N) is 5. The average molecular weight is 439 g/mol. The van der Waals surface area contributed by atoms with Crippen LogP contribution in [0.2, 0.25) is 0 Å². The van der Waals surface area contributed by atoms with Crippen LogP contribution in [-0.4, -0.2) is 37.3 Å². The molecule has 2 N–H and O–H groups in total. The second-order valence-corrected chi connectivity index (χ2v) is 7.89. The molecule has 0 aliphatic heterocycles. The third-order valence-electron chi connectivity index (χ3n) is 4.67. The van der Waals surface area contributed by atoms with E-state index in [2.05, 4.69) is 26.2 Å². The second-order valence-electron chi connectivity index (χ2n) is 6.95. The van der Waals surface area contributed by atoms with Crippen LogP contribution in [-0.2, 0) is 10.5 Å². The molecular weight excluding hydrogens is 416 g/mol. The number of anilines is 1. The van der Waals surface area contributed by atoms with E-state index in [1.54, 1.807) is 13.8 Å². The van der Waals surface area contributed by atoms with Crippen LogP contribution < -0.4 is 5.73 Å². The predicted octanol–water partition coefficient (Wildman–Crippen LogP) is 3.78. The van der Waals surface area contributed by atoms with Crippen LogP contribution in [0.4, 0.5) is 5.82 Å². The van der Waals surface area contributed by atoms with Crippen molar-refractivity contribution in [3.05, 3.63) is 52.8 Å². The summed E-state index contributed by atoms with van der Waals surface area (Å²) in [5, 5.41) is 9.59. The number of rotatable bonds is 6. The molecule has 4 aromatic rings. The average Bonchev–Trinajstić information content (AvgIpc) is 3.25. The molecule has 0 unspecified atom stereocenters. The topological polar surface area (TPSA) is 122 Å². The first-order chi connectivity index (χ1) is 14.9. The molecule has 3 heterocycles. The van der Waals surface area contributed by atoms with E-state index in [0.29, 0.717) is 27.9 Å². The summed E-state index contributed by atoms with van der Waals surface area (Å²) in [4.78, 5) is 21.1. The summed E-state index contributed by atoms with van der Waals surface area (Å²) in [5.74, 6) is 1.72. The van der Waals surface area contributed by atoms with Crippen LogP contribution >= 0.6 is 11.8 Å². The zero-order valence-electron chi connectivity index (χ0n) is 17.7. The molecule has 0 bridgehead atoms. The number of carbonyl (C=O) groups excluding carboxylic acids is 1. The number of esters is 1. The Morgan fingerprint density at radius 2 is 2.03 bits per heavy atom. The van der Waals surface area contributed by atoms with Crippen LogP contribution in [0, 0.1) is 20.8 Å². The number of hydrogen-bond donors (Lipinski definition) is 1. The lowest BCUT2D eigenvalue weighted by Crippen LogP contribution is -2.07. The molecule has 0 aliphatic carbocycles. The normalized spacial score (nSPS) is 11.2.